The van der Waals surface area contributed by atoms with E-state index in [2.05, 4.69) is 15.5 Å². The van der Waals surface area contributed by atoms with Crippen LogP contribution in [0.4, 0.5) is 8.78 Å². The maximum absolute atomic E-state index is 13.4. The van der Waals surface area contributed by atoms with E-state index in [9.17, 15) is 13.6 Å². The molecule has 0 saturated heterocycles. The normalized spacial score (nSPS) is 10.6. The largest absolute Gasteiger partial charge is 0.480 e. The van der Waals surface area contributed by atoms with Crippen LogP contribution >= 0.6 is 0 Å². The summed E-state index contributed by atoms with van der Waals surface area (Å²) in [6, 6.07) is 3.47. The zero-order valence-corrected chi connectivity index (χ0v) is 9.05. The van der Waals surface area contributed by atoms with Crippen LogP contribution in [0.3, 0.4) is 0 Å². The lowest BCUT2D eigenvalue weighted by Gasteiger charge is -2.04. The number of hydrogen-bond acceptors (Lipinski definition) is 4. The molecule has 6 nitrogen and oxygen atoms in total. The summed E-state index contributed by atoms with van der Waals surface area (Å²) < 4.78 is 27.8. The maximum Gasteiger partial charge on any atom is 0.325 e. The van der Waals surface area contributed by atoms with Gasteiger partial charge in [0, 0.05) is 12.0 Å². The quantitative estimate of drug-likeness (QED) is 0.865. The predicted octanol–water partition coefficient (Wildman–Crippen LogP) is 0.627. The first-order valence-electron chi connectivity index (χ1n) is 4.97. The minimum absolute atomic E-state index is 0.0846. The van der Waals surface area contributed by atoms with Gasteiger partial charge in [-0.25, -0.2) is 13.5 Å². The highest BCUT2D eigenvalue weighted by Crippen LogP contribution is 2.15. The minimum atomic E-state index is -1.14. The Labute approximate surface area is 99.9 Å². The second-order valence-corrected chi connectivity index (χ2v) is 3.52. The van der Waals surface area contributed by atoms with Gasteiger partial charge in [0.1, 0.15) is 18.2 Å². The van der Waals surface area contributed by atoms with Crippen LogP contribution in [-0.4, -0.2) is 31.3 Å². The number of carbonyl (C=O) groups is 1. The maximum atomic E-state index is 13.4. The van der Waals surface area contributed by atoms with E-state index >= 15 is 0 Å². The van der Waals surface area contributed by atoms with Crippen LogP contribution in [0.1, 0.15) is 11.4 Å². The molecule has 1 N–H and O–H groups in total. The Hall–Kier alpha value is -2.38. The van der Waals surface area contributed by atoms with Crippen molar-refractivity contribution in [2.75, 3.05) is 0 Å². The van der Waals surface area contributed by atoms with Crippen molar-refractivity contribution in [3.8, 4) is 0 Å². The second-order valence-electron chi connectivity index (χ2n) is 3.52. The fraction of sp³-hybridized carbons (Fsp3) is 0.200. The van der Waals surface area contributed by atoms with Gasteiger partial charge in [-0.3, -0.25) is 4.79 Å². The van der Waals surface area contributed by atoms with Crippen molar-refractivity contribution in [2.24, 2.45) is 0 Å². The third-order valence-corrected chi connectivity index (χ3v) is 2.29. The molecular weight excluding hydrogens is 246 g/mol. The van der Waals surface area contributed by atoms with Crippen LogP contribution in [0.25, 0.3) is 0 Å². The van der Waals surface area contributed by atoms with Crippen LogP contribution in [0.5, 0.6) is 0 Å². The van der Waals surface area contributed by atoms with Gasteiger partial charge in [0.15, 0.2) is 5.82 Å². The molecule has 1 aromatic heterocycles. The van der Waals surface area contributed by atoms with Crippen LogP contribution in [0, 0.1) is 11.6 Å². The van der Waals surface area contributed by atoms with Crippen molar-refractivity contribution in [2.45, 2.75) is 13.0 Å². The fourth-order valence-corrected chi connectivity index (χ4v) is 1.46. The number of rotatable bonds is 4. The summed E-state index contributed by atoms with van der Waals surface area (Å²) in [5.74, 6) is -2.50. The van der Waals surface area contributed by atoms with Gasteiger partial charge in [-0.1, -0.05) is 6.07 Å². The molecule has 1 aromatic carbocycles. The molecule has 0 spiro atoms. The number of carboxylic acids is 1. The number of benzene rings is 1. The van der Waals surface area contributed by atoms with Gasteiger partial charge in [0.2, 0.25) is 0 Å². The summed E-state index contributed by atoms with van der Waals surface area (Å²) in [7, 11) is 0. The lowest BCUT2D eigenvalue weighted by atomic mass is 10.1. The number of hydrogen-bond donors (Lipinski definition) is 1. The molecule has 0 saturated carbocycles. The van der Waals surface area contributed by atoms with Gasteiger partial charge >= 0.3 is 5.97 Å². The van der Waals surface area contributed by atoms with Crippen molar-refractivity contribution >= 4 is 5.97 Å². The van der Waals surface area contributed by atoms with Crippen molar-refractivity contribution < 1.29 is 18.7 Å². The van der Waals surface area contributed by atoms with Gasteiger partial charge in [0.05, 0.1) is 0 Å². The molecule has 2 aromatic rings. The highest BCUT2D eigenvalue weighted by atomic mass is 19.1. The van der Waals surface area contributed by atoms with Crippen molar-refractivity contribution in [3.05, 3.63) is 41.2 Å². The number of aliphatic carboxylic acids is 1. The van der Waals surface area contributed by atoms with Gasteiger partial charge < -0.3 is 5.11 Å². The summed E-state index contributed by atoms with van der Waals surface area (Å²) in [6.07, 6.45) is -0.210. The van der Waals surface area contributed by atoms with Gasteiger partial charge in [0.25, 0.3) is 0 Å². The first kappa shape index (κ1) is 12.1. The number of halogens is 2. The first-order chi connectivity index (χ1) is 8.58. The molecule has 0 radical (unpaired) electrons. The Kier molecular flexibility index (Phi) is 3.26. The molecule has 18 heavy (non-hydrogen) atoms. The number of aromatic nitrogens is 4. The predicted molar refractivity (Wildman–Crippen MR) is 54.6 cm³/mol. The molecule has 94 valence electrons. The molecule has 0 aliphatic heterocycles. The van der Waals surface area contributed by atoms with Crippen LogP contribution in [0.2, 0.25) is 0 Å². The molecule has 0 fully saturated rings. The van der Waals surface area contributed by atoms with E-state index in [1.54, 1.807) is 0 Å². The standard InChI is InChI=1S/C10H8F2N4O2/c11-7-2-1-3-8(12)6(7)4-9-13-14-15-16(9)5-10(17)18/h1-3H,4-5H2,(H,17,18). The number of carboxylic acid groups (broad SMARTS) is 1. The summed E-state index contributed by atoms with van der Waals surface area (Å²) in [5.41, 5.74) is -0.195. The third kappa shape index (κ3) is 2.47. The van der Waals surface area contributed by atoms with Crippen molar-refractivity contribution in [1.29, 1.82) is 0 Å². The van der Waals surface area contributed by atoms with Gasteiger partial charge in [-0.05, 0) is 22.6 Å². The number of tetrazole rings is 1. The lowest BCUT2D eigenvalue weighted by molar-refractivity contribution is -0.138. The SMILES string of the molecule is O=C(O)Cn1nnnc1Cc1c(F)cccc1F. The lowest BCUT2D eigenvalue weighted by Crippen LogP contribution is -2.14. The molecule has 8 heteroatoms. The highest BCUT2D eigenvalue weighted by Gasteiger charge is 2.15. The summed E-state index contributed by atoms with van der Waals surface area (Å²) >= 11 is 0. The molecule has 0 unspecified atom stereocenters. The smallest absolute Gasteiger partial charge is 0.325 e. The van der Waals surface area contributed by atoms with Gasteiger partial charge in [-0.15, -0.1) is 5.10 Å². The Morgan fingerprint density at radius 3 is 2.61 bits per heavy atom. The van der Waals surface area contributed by atoms with E-state index in [1.807, 2.05) is 0 Å². The topological polar surface area (TPSA) is 80.9 Å². The minimum Gasteiger partial charge on any atom is -0.480 e. The van der Waals surface area contributed by atoms with Crippen molar-refractivity contribution in [3.63, 3.8) is 0 Å². The zero-order valence-electron chi connectivity index (χ0n) is 9.05. The Morgan fingerprint density at radius 2 is 2.00 bits per heavy atom. The average Bonchev–Trinajstić information content (AvgIpc) is 2.70. The summed E-state index contributed by atoms with van der Waals surface area (Å²) in [5, 5.41) is 18.9. The van der Waals surface area contributed by atoms with E-state index in [1.165, 1.54) is 6.07 Å². The third-order valence-electron chi connectivity index (χ3n) is 2.29. The van der Waals surface area contributed by atoms with Crippen LogP contribution in [0.15, 0.2) is 18.2 Å². The molecule has 2 rings (SSSR count). The average molecular weight is 254 g/mol. The Bertz CT molecular complexity index is 565. The molecule has 1 heterocycles. The van der Waals surface area contributed by atoms with Crippen LogP contribution < -0.4 is 0 Å². The molecule has 0 aliphatic rings. The van der Waals surface area contributed by atoms with E-state index in [0.29, 0.717) is 0 Å². The zero-order chi connectivity index (χ0) is 13.1. The molecule has 0 amide bonds. The molecular formula is C10H8F2N4O2. The second kappa shape index (κ2) is 4.86. The van der Waals surface area contributed by atoms with E-state index in [-0.39, 0.29) is 17.8 Å². The first-order valence-corrected chi connectivity index (χ1v) is 4.97. The molecule has 0 atom stereocenters. The van der Waals surface area contributed by atoms with Crippen molar-refractivity contribution in [1.82, 2.24) is 20.2 Å². The van der Waals surface area contributed by atoms with Crippen LogP contribution in [-0.2, 0) is 17.8 Å². The summed E-state index contributed by atoms with van der Waals surface area (Å²) in [6.45, 7) is -0.460. The Morgan fingerprint density at radius 1 is 1.33 bits per heavy atom. The van der Waals surface area contributed by atoms with E-state index in [0.717, 1.165) is 16.8 Å². The fourth-order valence-electron chi connectivity index (χ4n) is 1.46. The summed E-state index contributed by atoms with van der Waals surface area (Å²) in [4.78, 5) is 10.5. The van der Waals surface area contributed by atoms with E-state index in [4.69, 9.17) is 5.11 Å². The van der Waals surface area contributed by atoms with E-state index < -0.39 is 24.1 Å². The highest BCUT2D eigenvalue weighted by molar-refractivity contribution is 5.66. The number of nitrogens with zero attached hydrogens (tertiary/aromatic N) is 4. The molecule has 0 bridgehead atoms. The monoisotopic (exact) mass is 254 g/mol. The van der Waals surface area contributed by atoms with Gasteiger partial charge in [-0.2, -0.15) is 0 Å². The molecule has 0 aliphatic carbocycles. The Balaban J connectivity index is 2.29.